The Balaban J connectivity index is 1.68. The minimum atomic E-state index is -4.10. The van der Waals surface area contributed by atoms with Gasteiger partial charge in [0, 0.05) is 12.2 Å². The summed E-state index contributed by atoms with van der Waals surface area (Å²) in [5.41, 5.74) is 8.05. The quantitative estimate of drug-likeness (QED) is 0.604. The fourth-order valence-corrected chi connectivity index (χ4v) is 3.07. The third-order valence-electron chi connectivity index (χ3n) is 4.56. The second-order valence-electron chi connectivity index (χ2n) is 6.57. The van der Waals surface area contributed by atoms with Gasteiger partial charge < -0.3 is 11.1 Å². The number of alkyl halides is 3. The van der Waals surface area contributed by atoms with Crippen molar-refractivity contribution >= 4 is 11.6 Å². The molecule has 0 bridgehead atoms. The third-order valence-corrected chi connectivity index (χ3v) is 4.56. The topological polar surface area (TPSA) is 53.6 Å². The molecule has 0 atom stereocenters. The third kappa shape index (κ3) is 7.34. The number of hydrogen-bond donors (Lipinski definition) is 2. The highest BCUT2D eigenvalue weighted by atomic mass is 19.4. The Hall–Kier alpha value is -1.76. The van der Waals surface area contributed by atoms with Gasteiger partial charge in [-0.05, 0) is 62.4 Å². The van der Waals surface area contributed by atoms with E-state index >= 15 is 0 Å². The van der Waals surface area contributed by atoms with Gasteiger partial charge in [-0.15, -0.1) is 0 Å². The lowest BCUT2D eigenvalue weighted by molar-refractivity contribution is -0.148. The first-order valence-electron chi connectivity index (χ1n) is 8.80. The molecule has 0 unspecified atom stereocenters. The summed E-state index contributed by atoms with van der Waals surface area (Å²) in [5, 5.41) is 3.06. The standard InChI is InChI=1S/C18H27F3N4/c1-2-14-3-5-16(6-4-14)24-17(22)23-10-7-15-8-11-25(12-9-15)13-18(19,20)21/h3-6,15H,2,7-13H2,1H3,(H3,22,23,24). The van der Waals surface area contributed by atoms with Crippen molar-refractivity contribution in [3.8, 4) is 0 Å². The maximum absolute atomic E-state index is 12.4. The van der Waals surface area contributed by atoms with Gasteiger partial charge in [-0.25, -0.2) is 0 Å². The van der Waals surface area contributed by atoms with E-state index in [0.717, 1.165) is 31.4 Å². The van der Waals surface area contributed by atoms with Gasteiger partial charge in [-0.1, -0.05) is 19.1 Å². The molecule has 140 valence electrons. The normalized spacial score (nSPS) is 17.7. The van der Waals surface area contributed by atoms with Crippen molar-refractivity contribution in [1.82, 2.24) is 4.90 Å². The summed E-state index contributed by atoms with van der Waals surface area (Å²) in [6.07, 6.45) is -0.677. The Bertz CT molecular complexity index is 546. The second kappa shape index (κ2) is 9.08. The first kappa shape index (κ1) is 19.6. The van der Waals surface area contributed by atoms with Crippen LogP contribution in [0.1, 0.15) is 31.7 Å². The lowest BCUT2D eigenvalue weighted by Crippen LogP contribution is -2.40. The molecule has 1 aliphatic heterocycles. The van der Waals surface area contributed by atoms with E-state index in [9.17, 15) is 13.2 Å². The van der Waals surface area contributed by atoms with Gasteiger partial charge in [0.2, 0.25) is 0 Å². The van der Waals surface area contributed by atoms with E-state index in [-0.39, 0.29) is 0 Å². The second-order valence-corrected chi connectivity index (χ2v) is 6.57. The molecule has 1 saturated heterocycles. The first-order chi connectivity index (χ1) is 11.9. The molecule has 0 spiro atoms. The van der Waals surface area contributed by atoms with Gasteiger partial charge in [-0.3, -0.25) is 9.89 Å². The first-order valence-corrected chi connectivity index (χ1v) is 8.80. The van der Waals surface area contributed by atoms with E-state index in [1.54, 1.807) is 0 Å². The summed E-state index contributed by atoms with van der Waals surface area (Å²) in [6.45, 7) is 2.91. The van der Waals surface area contributed by atoms with E-state index in [2.05, 4.69) is 17.2 Å². The van der Waals surface area contributed by atoms with Crippen molar-refractivity contribution in [3.05, 3.63) is 29.8 Å². The molecular formula is C18H27F3N4. The van der Waals surface area contributed by atoms with Crippen LogP contribution < -0.4 is 11.1 Å². The number of anilines is 1. The smallest absolute Gasteiger partial charge is 0.370 e. The largest absolute Gasteiger partial charge is 0.401 e. The van der Waals surface area contributed by atoms with Crippen molar-refractivity contribution in [3.63, 3.8) is 0 Å². The zero-order valence-electron chi connectivity index (χ0n) is 14.6. The van der Waals surface area contributed by atoms with Gasteiger partial charge in [0.25, 0.3) is 0 Å². The molecule has 7 heteroatoms. The van der Waals surface area contributed by atoms with E-state index < -0.39 is 12.7 Å². The monoisotopic (exact) mass is 356 g/mol. The van der Waals surface area contributed by atoms with Gasteiger partial charge in [0.05, 0.1) is 6.54 Å². The van der Waals surface area contributed by atoms with Crippen molar-refractivity contribution in [2.24, 2.45) is 16.6 Å². The van der Waals surface area contributed by atoms with Crippen LogP contribution in [0.4, 0.5) is 18.9 Å². The number of nitrogens with zero attached hydrogens (tertiary/aromatic N) is 2. The van der Waals surface area contributed by atoms with Crippen molar-refractivity contribution < 1.29 is 13.2 Å². The molecule has 0 radical (unpaired) electrons. The van der Waals surface area contributed by atoms with Crippen LogP contribution in [0.5, 0.6) is 0 Å². The summed E-state index contributed by atoms with van der Waals surface area (Å²) in [7, 11) is 0. The molecule has 1 aromatic rings. The molecule has 2 rings (SSSR count). The van der Waals surface area contributed by atoms with Crippen LogP contribution in [0, 0.1) is 5.92 Å². The number of benzene rings is 1. The Morgan fingerprint density at radius 2 is 1.88 bits per heavy atom. The summed E-state index contributed by atoms with van der Waals surface area (Å²) in [5.74, 6) is 0.795. The summed E-state index contributed by atoms with van der Waals surface area (Å²) < 4.78 is 37.1. The highest BCUT2D eigenvalue weighted by molar-refractivity contribution is 5.92. The zero-order valence-corrected chi connectivity index (χ0v) is 14.6. The molecule has 0 aliphatic carbocycles. The molecule has 0 amide bonds. The number of piperidine rings is 1. The molecule has 4 nitrogen and oxygen atoms in total. The minimum Gasteiger partial charge on any atom is -0.370 e. The number of aliphatic imine (C=N–C) groups is 1. The molecule has 1 heterocycles. The maximum atomic E-state index is 12.4. The highest BCUT2D eigenvalue weighted by Crippen LogP contribution is 2.24. The van der Waals surface area contributed by atoms with Crippen molar-refractivity contribution in [2.75, 3.05) is 31.5 Å². The van der Waals surface area contributed by atoms with Crippen LogP contribution in [-0.4, -0.2) is 43.2 Å². The van der Waals surface area contributed by atoms with Crippen LogP contribution in [-0.2, 0) is 6.42 Å². The van der Waals surface area contributed by atoms with Crippen LogP contribution in [0.2, 0.25) is 0 Å². The van der Waals surface area contributed by atoms with Crippen LogP contribution in [0.15, 0.2) is 29.3 Å². The predicted octanol–water partition coefficient (Wildman–Crippen LogP) is 3.64. The SMILES string of the molecule is CCc1ccc(NC(N)=NCCC2CCN(CC(F)(F)F)CC2)cc1. The van der Waals surface area contributed by atoms with Gasteiger partial charge >= 0.3 is 6.18 Å². The van der Waals surface area contributed by atoms with Gasteiger partial charge in [-0.2, -0.15) is 13.2 Å². The number of likely N-dealkylation sites (tertiary alicyclic amines) is 1. The molecule has 1 aliphatic rings. The zero-order chi connectivity index (χ0) is 18.3. The molecule has 0 aromatic heterocycles. The minimum absolute atomic E-state index is 0.374. The Kier molecular flexibility index (Phi) is 7.11. The number of nitrogens with one attached hydrogen (secondary N) is 1. The van der Waals surface area contributed by atoms with Crippen LogP contribution in [0.25, 0.3) is 0 Å². The lowest BCUT2D eigenvalue weighted by atomic mass is 9.93. The predicted molar refractivity (Wildman–Crippen MR) is 95.8 cm³/mol. The highest BCUT2D eigenvalue weighted by Gasteiger charge is 2.32. The van der Waals surface area contributed by atoms with Crippen molar-refractivity contribution in [2.45, 2.75) is 38.8 Å². The van der Waals surface area contributed by atoms with Gasteiger partial charge in [0.1, 0.15) is 0 Å². The Morgan fingerprint density at radius 1 is 1.24 bits per heavy atom. The Morgan fingerprint density at radius 3 is 2.44 bits per heavy atom. The average molecular weight is 356 g/mol. The number of hydrogen-bond acceptors (Lipinski definition) is 2. The number of aryl methyl sites for hydroxylation is 1. The Labute approximate surface area is 147 Å². The molecule has 0 saturated carbocycles. The summed E-state index contributed by atoms with van der Waals surface area (Å²) in [4.78, 5) is 5.81. The fraction of sp³-hybridized carbons (Fsp3) is 0.611. The number of rotatable bonds is 6. The fourth-order valence-electron chi connectivity index (χ4n) is 3.07. The molecular weight excluding hydrogens is 329 g/mol. The average Bonchev–Trinajstić information content (AvgIpc) is 2.56. The molecule has 25 heavy (non-hydrogen) atoms. The van der Waals surface area contributed by atoms with E-state index in [4.69, 9.17) is 5.73 Å². The molecule has 1 fully saturated rings. The maximum Gasteiger partial charge on any atom is 0.401 e. The van der Waals surface area contributed by atoms with E-state index in [1.807, 2.05) is 24.3 Å². The number of halogens is 3. The van der Waals surface area contributed by atoms with Crippen LogP contribution in [0.3, 0.4) is 0 Å². The number of nitrogens with two attached hydrogens (primary N) is 1. The van der Waals surface area contributed by atoms with Crippen LogP contribution >= 0.6 is 0 Å². The summed E-state index contributed by atoms with van der Waals surface area (Å²) >= 11 is 0. The number of guanidine groups is 1. The van der Waals surface area contributed by atoms with Gasteiger partial charge in [0.15, 0.2) is 5.96 Å². The van der Waals surface area contributed by atoms with E-state index in [0.29, 0.717) is 31.5 Å². The lowest BCUT2D eigenvalue weighted by Gasteiger charge is -2.32. The van der Waals surface area contributed by atoms with E-state index in [1.165, 1.54) is 10.5 Å². The summed E-state index contributed by atoms with van der Waals surface area (Å²) in [6, 6.07) is 8.03. The van der Waals surface area contributed by atoms with Crippen molar-refractivity contribution in [1.29, 1.82) is 0 Å². The molecule has 1 aromatic carbocycles. The molecule has 3 N–H and O–H groups in total.